The zero-order valence-electron chi connectivity index (χ0n) is 20.1. The van der Waals surface area contributed by atoms with Gasteiger partial charge in [-0.1, -0.05) is 6.92 Å². The van der Waals surface area contributed by atoms with Gasteiger partial charge in [-0.05, 0) is 12.3 Å². The number of hydrogen-bond donors (Lipinski definition) is 2. The lowest BCUT2D eigenvalue weighted by atomic mass is 9.95. The van der Waals surface area contributed by atoms with Crippen molar-refractivity contribution in [1.82, 2.24) is 34.1 Å². The van der Waals surface area contributed by atoms with Crippen LogP contribution in [0.5, 0.6) is 5.88 Å². The van der Waals surface area contributed by atoms with Crippen LogP contribution >= 0.6 is 0 Å². The predicted octanol–water partition coefficient (Wildman–Crippen LogP) is 2.08. The van der Waals surface area contributed by atoms with E-state index in [1.165, 1.54) is 27.5 Å². The Hall–Kier alpha value is -2.98. The highest BCUT2D eigenvalue weighted by Gasteiger charge is 2.44. The standard InChI is InChI=1S/C21H27F3N8O4S/c1-12-11-31(37(2,33)34)5-3-15(12)28-20-29-17-10-25-18(13-8-26-27-9-13)19(32(17)30-20)36-14-4-6-35-16(7-14)21(22,23)24/h8-10,12,14-16H,3-7,11H2,1-2H3,(H,26,27)(H,28,30)/t12-,14?,15+,16?/m1/s1. The van der Waals surface area contributed by atoms with Crippen molar-refractivity contribution < 1.29 is 31.1 Å². The Labute approximate surface area is 210 Å². The summed E-state index contributed by atoms with van der Waals surface area (Å²) >= 11 is 0. The number of piperidine rings is 1. The number of anilines is 1. The Morgan fingerprint density at radius 2 is 2.08 bits per heavy atom. The van der Waals surface area contributed by atoms with Crippen molar-refractivity contribution in [3.05, 3.63) is 18.6 Å². The monoisotopic (exact) mass is 544 g/mol. The molecule has 0 spiro atoms. The number of alkyl halides is 3. The molecule has 4 atom stereocenters. The van der Waals surface area contributed by atoms with E-state index >= 15 is 0 Å². The zero-order valence-corrected chi connectivity index (χ0v) is 21.0. The lowest BCUT2D eigenvalue weighted by Crippen LogP contribution is -2.47. The molecule has 2 saturated heterocycles. The second-order valence-electron chi connectivity index (χ2n) is 9.41. The SMILES string of the molecule is C[C@@H]1CN(S(C)(=O)=O)CC[C@@H]1Nc1nc2cnc(-c3cn[nH]c3)c(OC3CCOC(C(F)(F)F)C3)n2n1. The van der Waals surface area contributed by atoms with Crippen molar-refractivity contribution in [2.75, 3.05) is 31.3 Å². The number of rotatable bonds is 6. The molecule has 0 bridgehead atoms. The van der Waals surface area contributed by atoms with E-state index in [4.69, 9.17) is 9.47 Å². The maximum Gasteiger partial charge on any atom is 0.414 e. The number of sulfonamides is 1. The minimum absolute atomic E-state index is 0.00744. The van der Waals surface area contributed by atoms with Crippen LogP contribution < -0.4 is 10.1 Å². The van der Waals surface area contributed by atoms with Gasteiger partial charge in [0.1, 0.15) is 11.8 Å². The summed E-state index contributed by atoms with van der Waals surface area (Å²) in [6.07, 6.45) is -0.912. The van der Waals surface area contributed by atoms with Crippen LogP contribution in [0.2, 0.25) is 0 Å². The van der Waals surface area contributed by atoms with E-state index in [2.05, 4.69) is 30.6 Å². The fourth-order valence-corrected chi connectivity index (χ4v) is 5.57. The number of nitrogens with one attached hydrogen (secondary N) is 2. The molecule has 3 aromatic rings. The number of nitrogens with zero attached hydrogens (tertiary/aromatic N) is 6. The Morgan fingerprint density at radius 3 is 2.76 bits per heavy atom. The van der Waals surface area contributed by atoms with Gasteiger partial charge in [0.2, 0.25) is 21.9 Å². The van der Waals surface area contributed by atoms with E-state index in [1.54, 1.807) is 6.20 Å². The quantitative estimate of drug-likeness (QED) is 0.477. The van der Waals surface area contributed by atoms with Crippen LogP contribution in [0.4, 0.5) is 19.1 Å². The van der Waals surface area contributed by atoms with Crippen molar-refractivity contribution in [2.45, 2.75) is 50.6 Å². The van der Waals surface area contributed by atoms with Crippen LogP contribution in [0, 0.1) is 5.92 Å². The molecule has 2 aliphatic rings. The predicted molar refractivity (Wildman–Crippen MR) is 125 cm³/mol. The molecule has 3 aromatic heterocycles. The van der Waals surface area contributed by atoms with Crippen molar-refractivity contribution in [2.24, 2.45) is 5.92 Å². The van der Waals surface area contributed by atoms with E-state index in [0.717, 1.165) is 0 Å². The fourth-order valence-electron chi connectivity index (χ4n) is 4.63. The highest BCUT2D eigenvalue weighted by molar-refractivity contribution is 7.88. The molecule has 5 heterocycles. The summed E-state index contributed by atoms with van der Waals surface area (Å²) in [5.41, 5.74) is 1.26. The number of aromatic amines is 1. The highest BCUT2D eigenvalue weighted by atomic mass is 32.2. The second kappa shape index (κ2) is 9.72. The first-order valence-corrected chi connectivity index (χ1v) is 13.7. The maximum atomic E-state index is 13.3. The topological polar surface area (TPSA) is 140 Å². The molecule has 2 aliphatic heterocycles. The largest absolute Gasteiger partial charge is 0.473 e. The van der Waals surface area contributed by atoms with Gasteiger partial charge in [-0.25, -0.2) is 17.7 Å². The average molecular weight is 545 g/mol. The first kappa shape index (κ1) is 25.7. The number of fused-ring (bicyclic) bond motifs is 1. The van der Waals surface area contributed by atoms with E-state index in [1.807, 2.05) is 6.92 Å². The third-order valence-electron chi connectivity index (χ3n) is 6.64. The Balaban J connectivity index is 1.43. The van der Waals surface area contributed by atoms with Gasteiger partial charge in [0.25, 0.3) is 0 Å². The molecule has 2 N–H and O–H groups in total. The number of aromatic nitrogens is 6. The molecule has 0 radical (unpaired) electrons. The molecule has 2 fully saturated rings. The van der Waals surface area contributed by atoms with Gasteiger partial charge in [-0.15, -0.1) is 5.10 Å². The third-order valence-corrected chi connectivity index (χ3v) is 7.91. The first-order chi connectivity index (χ1) is 17.5. The molecule has 37 heavy (non-hydrogen) atoms. The molecule has 16 heteroatoms. The lowest BCUT2D eigenvalue weighted by Gasteiger charge is -2.35. The molecule has 0 saturated carbocycles. The summed E-state index contributed by atoms with van der Waals surface area (Å²) in [7, 11) is -3.28. The Morgan fingerprint density at radius 1 is 1.27 bits per heavy atom. The van der Waals surface area contributed by atoms with Crippen molar-refractivity contribution in [3.8, 4) is 17.1 Å². The van der Waals surface area contributed by atoms with Crippen LogP contribution in [0.15, 0.2) is 18.6 Å². The molecule has 0 aromatic carbocycles. The summed E-state index contributed by atoms with van der Waals surface area (Å²) in [5, 5.41) is 14.4. The van der Waals surface area contributed by atoms with Gasteiger partial charge in [0, 0.05) is 43.7 Å². The smallest absolute Gasteiger partial charge is 0.414 e. The summed E-state index contributed by atoms with van der Waals surface area (Å²) in [6, 6.07) is -0.0795. The average Bonchev–Trinajstić information content (AvgIpc) is 3.50. The van der Waals surface area contributed by atoms with Crippen molar-refractivity contribution >= 4 is 21.6 Å². The van der Waals surface area contributed by atoms with Gasteiger partial charge in [0.15, 0.2) is 11.8 Å². The molecule has 5 rings (SSSR count). The zero-order chi connectivity index (χ0) is 26.4. The lowest BCUT2D eigenvalue weighted by molar-refractivity contribution is -0.238. The van der Waals surface area contributed by atoms with Crippen molar-refractivity contribution in [1.29, 1.82) is 0 Å². The molecular weight excluding hydrogens is 517 g/mol. The van der Waals surface area contributed by atoms with Gasteiger partial charge in [0.05, 0.1) is 25.3 Å². The minimum atomic E-state index is -4.49. The van der Waals surface area contributed by atoms with E-state index in [0.29, 0.717) is 36.4 Å². The van der Waals surface area contributed by atoms with Gasteiger partial charge >= 0.3 is 6.18 Å². The molecule has 202 valence electrons. The van der Waals surface area contributed by atoms with Crippen LogP contribution in [-0.4, -0.2) is 92.9 Å². The number of H-pyrrole nitrogens is 1. The van der Waals surface area contributed by atoms with Gasteiger partial charge < -0.3 is 14.8 Å². The first-order valence-electron chi connectivity index (χ1n) is 11.8. The Bertz CT molecular complexity index is 1350. The number of hydrogen-bond acceptors (Lipinski definition) is 9. The van der Waals surface area contributed by atoms with Crippen LogP contribution in [0.25, 0.3) is 16.9 Å². The molecule has 0 aliphatic carbocycles. The van der Waals surface area contributed by atoms with Crippen LogP contribution in [0.1, 0.15) is 26.2 Å². The summed E-state index contributed by atoms with van der Waals surface area (Å²) in [4.78, 5) is 8.91. The number of halogens is 3. The van der Waals surface area contributed by atoms with E-state index in [9.17, 15) is 21.6 Å². The molecule has 2 unspecified atom stereocenters. The Kier molecular flexibility index (Phi) is 6.74. The summed E-state index contributed by atoms with van der Waals surface area (Å²) in [5.74, 6) is 0.417. The van der Waals surface area contributed by atoms with Crippen LogP contribution in [0.3, 0.4) is 0 Å². The van der Waals surface area contributed by atoms with E-state index in [-0.39, 0.29) is 43.2 Å². The summed E-state index contributed by atoms with van der Waals surface area (Å²) in [6.45, 7) is 2.60. The van der Waals surface area contributed by atoms with Gasteiger partial charge in [-0.2, -0.15) is 27.8 Å². The molecule has 12 nitrogen and oxygen atoms in total. The molecular formula is C21H27F3N8O4S. The van der Waals surface area contributed by atoms with E-state index < -0.39 is 28.4 Å². The highest BCUT2D eigenvalue weighted by Crippen LogP contribution is 2.34. The van der Waals surface area contributed by atoms with Crippen LogP contribution in [-0.2, 0) is 14.8 Å². The second-order valence-corrected chi connectivity index (χ2v) is 11.4. The van der Waals surface area contributed by atoms with Gasteiger partial charge in [-0.3, -0.25) is 5.10 Å². The normalized spacial score (nSPS) is 25.9. The minimum Gasteiger partial charge on any atom is -0.473 e. The fraction of sp³-hybridized carbons (Fsp3) is 0.619. The summed E-state index contributed by atoms with van der Waals surface area (Å²) < 4.78 is 77.5. The third kappa shape index (κ3) is 5.50. The maximum absolute atomic E-state index is 13.3. The number of ether oxygens (including phenoxy) is 2. The molecule has 0 amide bonds. The van der Waals surface area contributed by atoms with Crippen molar-refractivity contribution in [3.63, 3.8) is 0 Å².